The van der Waals surface area contributed by atoms with Gasteiger partial charge in [-0.3, -0.25) is 0 Å². The molecule has 2 amide bonds. The molecule has 4 nitrogen and oxygen atoms in total. The quantitative estimate of drug-likeness (QED) is 0.676. The number of nitrogens with one attached hydrogen (secondary N) is 2. The van der Waals surface area contributed by atoms with Crippen molar-refractivity contribution in [3.8, 4) is 0 Å². The van der Waals surface area contributed by atoms with Gasteiger partial charge >= 0.3 is 6.03 Å². The van der Waals surface area contributed by atoms with Crippen LogP contribution >= 0.6 is 0 Å². The van der Waals surface area contributed by atoms with Gasteiger partial charge in [-0.15, -0.1) is 0 Å². The van der Waals surface area contributed by atoms with Crippen molar-refractivity contribution >= 4 is 11.7 Å². The Bertz CT molecular complexity index is 287. The van der Waals surface area contributed by atoms with Crippen LogP contribution in [0.25, 0.3) is 0 Å². The van der Waals surface area contributed by atoms with Crippen molar-refractivity contribution in [3.63, 3.8) is 0 Å². The first kappa shape index (κ1) is 10.5. The number of hydrogen-bond acceptors (Lipinski definition) is 2. The standard InChI is InChI=1S/C10H14N2O2/c1-8(7-13)11-10(14)12-9-5-3-2-4-6-9/h2-6,8,13H,7H2,1H3,(H2,11,12,14). The summed E-state index contributed by atoms with van der Waals surface area (Å²) in [7, 11) is 0. The molecule has 1 aromatic rings. The predicted octanol–water partition coefficient (Wildman–Crippen LogP) is 1.19. The van der Waals surface area contributed by atoms with Gasteiger partial charge in [-0.2, -0.15) is 0 Å². The first-order chi connectivity index (χ1) is 6.72. The molecule has 1 atom stereocenters. The lowest BCUT2D eigenvalue weighted by Gasteiger charge is -2.11. The number of para-hydroxylation sites is 1. The molecule has 3 N–H and O–H groups in total. The lowest BCUT2D eigenvalue weighted by atomic mass is 10.3. The molecule has 0 radical (unpaired) electrons. The number of anilines is 1. The Balaban J connectivity index is 2.42. The average molecular weight is 194 g/mol. The monoisotopic (exact) mass is 194 g/mol. The van der Waals surface area contributed by atoms with E-state index in [2.05, 4.69) is 10.6 Å². The van der Waals surface area contributed by atoms with Gasteiger partial charge in [0.1, 0.15) is 0 Å². The molecule has 1 unspecified atom stereocenters. The number of carbonyl (C=O) groups is 1. The molecule has 0 aromatic heterocycles. The largest absolute Gasteiger partial charge is 0.394 e. The van der Waals surface area contributed by atoms with Gasteiger partial charge in [0.15, 0.2) is 0 Å². The van der Waals surface area contributed by atoms with Crippen LogP contribution in [0.1, 0.15) is 6.92 Å². The molecule has 0 spiro atoms. The Hall–Kier alpha value is -1.55. The van der Waals surface area contributed by atoms with Crippen molar-refractivity contribution in [2.75, 3.05) is 11.9 Å². The molecule has 0 aliphatic carbocycles. The van der Waals surface area contributed by atoms with Gasteiger partial charge in [0, 0.05) is 5.69 Å². The molecule has 4 heteroatoms. The van der Waals surface area contributed by atoms with Gasteiger partial charge in [-0.05, 0) is 19.1 Å². The predicted molar refractivity (Wildman–Crippen MR) is 55.1 cm³/mol. The summed E-state index contributed by atoms with van der Waals surface area (Å²) in [5.74, 6) is 0. The van der Waals surface area contributed by atoms with Gasteiger partial charge in [0.05, 0.1) is 12.6 Å². The molecule has 0 aliphatic heterocycles. The zero-order valence-corrected chi connectivity index (χ0v) is 8.03. The van der Waals surface area contributed by atoms with Crippen LogP contribution in [0.5, 0.6) is 0 Å². The van der Waals surface area contributed by atoms with Crippen LogP contribution in [-0.4, -0.2) is 23.8 Å². The van der Waals surface area contributed by atoms with E-state index in [1.54, 1.807) is 19.1 Å². The molecule has 1 aromatic carbocycles. The minimum absolute atomic E-state index is 0.0673. The van der Waals surface area contributed by atoms with Crippen LogP contribution in [-0.2, 0) is 0 Å². The normalized spacial score (nSPS) is 11.9. The van der Waals surface area contributed by atoms with Crippen molar-refractivity contribution in [2.24, 2.45) is 0 Å². The van der Waals surface area contributed by atoms with Crippen LogP contribution in [0.15, 0.2) is 30.3 Å². The minimum atomic E-state index is -0.308. The molecule has 14 heavy (non-hydrogen) atoms. The highest BCUT2D eigenvalue weighted by atomic mass is 16.3. The van der Waals surface area contributed by atoms with Crippen molar-refractivity contribution in [1.29, 1.82) is 0 Å². The third kappa shape index (κ3) is 3.45. The van der Waals surface area contributed by atoms with Crippen LogP contribution < -0.4 is 10.6 Å². The summed E-state index contributed by atoms with van der Waals surface area (Å²) in [4.78, 5) is 11.2. The minimum Gasteiger partial charge on any atom is -0.394 e. The summed E-state index contributed by atoms with van der Waals surface area (Å²) in [6.45, 7) is 1.66. The van der Waals surface area contributed by atoms with Crippen molar-refractivity contribution in [3.05, 3.63) is 30.3 Å². The van der Waals surface area contributed by atoms with E-state index in [9.17, 15) is 4.79 Å². The zero-order chi connectivity index (χ0) is 10.4. The molecule has 0 heterocycles. The molecule has 0 aliphatic rings. The number of carbonyl (C=O) groups excluding carboxylic acids is 1. The van der Waals surface area contributed by atoms with Gasteiger partial charge < -0.3 is 15.7 Å². The zero-order valence-electron chi connectivity index (χ0n) is 8.03. The van der Waals surface area contributed by atoms with Gasteiger partial charge in [0.2, 0.25) is 0 Å². The highest BCUT2D eigenvalue weighted by Crippen LogP contribution is 2.04. The fraction of sp³-hybridized carbons (Fsp3) is 0.300. The summed E-state index contributed by atoms with van der Waals surface area (Å²) in [5.41, 5.74) is 0.732. The summed E-state index contributed by atoms with van der Waals surface area (Å²) in [6, 6.07) is 8.60. The Morgan fingerprint density at radius 2 is 2.07 bits per heavy atom. The number of urea groups is 1. The number of benzene rings is 1. The summed E-state index contributed by atoms with van der Waals surface area (Å²) in [5, 5.41) is 13.9. The second-order valence-electron chi connectivity index (χ2n) is 3.05. The van der Waals surface area contributed by atoms with Crippen LogP contribution in [0.2, 0.25) is 0 Å². The Kier molecular flexibility index (Phi) is 3.94. The first-order valence-corrected chi connectivity index (χ1v) is 4.46. The SMILES string of the molecule is CC(CO)NC(=O)Nc1ccccc1. The molecule has 0 bridgehead atoms. The van der Waals surface area contributed by atoms with E-state index in [0.29, 0.717) is 0 Å². The lowest BCUT2D eigenvalue weighted by Crippen LogP contribution is -2.38. The van der Waals surface area contributed by atoms with E-state index in [1.165, 1.54) is 0 Å². The summed E-state index contributed by atoms with van der Waals surface area (Å²) in [6.07, 6.45) is 0. The van der Waals surface area contributed by atoms with Crippen LogP contribution in [0.4, 0.5) is 10.5 Å². The second kappa shape index (κ2) is 5.24. The number of rotatable bonds is 3. The number of aliphatic hydroxyl groups is 1. The van der Waals surface area contributed by atoms with E-state index >= 15 is 0 Å². The third-order valence-electron chi connectivity index (χ3n) is 1.68. The van der Waals surface area contributed by atoms with Crippen LogP contribution in [0, 0.1) is 0 Å². The fourth-order valence-corrected chi connectivity index (χ4v) is 0.958. The van der Waals surface area contributed by atoms with Gasteiger partial charge in [0.25, 0.3) is 0 Å². The molecule has 0 fully saturated rings. The number of amides is 2. The Morgan fingerprint density at radius 3 is 2.64 bits per heavy atom. The average Bonchev–Trinajstić information content (AvgIpc) is 2.19. The van der Waals surface area contributed by atoms with Gasteiger partial charge in [-0.1, -0.05) is 18.2 Å². The fourth-order valence-electron chi connectivity index (χ4n) is 0.958. The maximum absolute atomic E-state index is 11.2. The molecule has 76 valence electrons. The third-order valence-corrected chi connectivity index (χ3v) is 1.68. The van der Waals surface area contributed by atoms with E-state index in [-0.39, 0.29) is 18.7 Å². The van der Waals surface area contributed by atoms with E-state index < -0.39 is 0 Å². The second-order valence-corrected chi connectivity index (χ2v) is 3.05. The van der Waals surface area contributed by atoms with E-state index in [4.69, 9.17) is 5.11 Å². The van der Waals surface area contributed by atoms with E-state index in [1.807, 2.05) is 18.2 Å². The molecule has 0 saturated heterocycles. The van der Waals surface area contributed by atoms with Crippen molar-refractivity contribution in [2.45, 2.75) is 13.0 Å². The smallest absolute Gasteiger partial charge is 0.319 e. The lowest BCUT2D eigenvalue weighted by molar-refractivity contribution is 0.229. The van der Waals surface area contributed by atoms with E-state index in [0.717, 1.165) is 5.69 Å². The Labute approximate surface area is 82.9 Å². The van der Waals surface area contributed by atoms with Crippen LogP contribution in [0.3, 0.4) is 0 Å². The topological polar surface area (TPSA) is 61.4 Å². The highest BCUT2D eigenvalue weighted by Gasteiger charge is 2.04. The summed E-state index contributed by atoms with van der Waals surface area (Å²) >= 11 is 0. The number of aliphatic hydroxyl groups excluding tert-OH is 1. The molecule has 0 saturated carbocycles. The molecular formula is C10H14N2O2. The Morgan fingerprint density at radius 1 is 1.43 bits per heavy atom. The molecule has 1 rings (SSSR count). The first-order valence-electron chi connectivity index (χ1n) is 4.46. The van der Waals surface area contributed by atoms with Gasteiger partial charge in [-0.25, -0.2) is 4.79 Å². The maximum Gasteiger partial charge on any atom is 0.319 e. The van der Waals surface area contributed by atoms with Crippen molar-refractivity contribution < 1.29 is 9.90 Å². The molecular weight excluding hydrogens is 180 g/mol. The highest BCUT2D eigenvalue weighted by molar-refractivity contribution is 5.89. The summed E-state index contributed by atoms with van der Waals surface area (Å²) < 4.78 is 0. The maximum atomic E-state index is 11.2. The number of hydrogen-bond donors (Lipinski definition) is 3. The van der Waals surface area contributed by atoms with Crippen molar-refractivity contribution in [1.82, 2.24) is 5.32 Å².